The van der Waals surface area contributed by atoms with Gasteiger partial charge in [-0.2, -0.15) is 0 Å². The van der Waals surface area contributed by atoms with Gasteiger partial charge in [-0.1, -0.05) is 100 Å². The van der Waals surface area contributed by atoms with Crippen molar-refractivity contribution in [2.45, 2.75) is 142 Å². The molecular formula is C54H63BN2O2. The van der Waals surface area contributed by atoms with E-state index in [2.05, 4.69) is 172 Å². The summed E-state index contributed by atoms with van der Waals surface area (Å²) < 4.78 is 13.0. The van der Waals surface area contributed by atoms with Gasteiger partial charge in [-0.3, -0.25) is 0 Å². The molecule has 0 atom stereocenters. The third-order valence-electron chi connectivity index (χ3n) is 15.1. The number of rotatable bonds is 2. The largest absolute Gasteiger partial charge is 0.490 e. The van der Waals surface area contributed by atoms with E-state index in [-0.39, 0.29) is 33.8 Å². The molecule has 0 unspecified atom stereocenters. The smallest absolute Gasteiger partial charge is 0.252 e. The first-order valence-corrected chi connectivity index (χ1v) is 22.4. The first-order valence-electron chi connectivity index (χ1n) is 22.4. The fourth-order valence-electron chi connectivity index (χ4n) is 11.2. The number of anilines is 6. The fraction of sp³-hybridized carbons (Fsp3) is 0.444. The van der Waals surface area contributed by atoms with Crippen LogP contribution in [0.2, 0.25) is 0 Å². The second-order valence-electron chi connectivity index (χ2n) is 22.2. The van der Waals surface area contributed by atoms with E-state index in [1.807, 2.05) is 0 Å². The molecule has 5 aliphatic rings. The van der Waals surface area contributed by atoms with E-state index >= 15 is 0 Å². The number of ether oxygens (including phenoxy) is 2. The minimum Gasteiger partial charge on any atom is -0.490 e. The normalized spacial score (nSPS) is 20.1. The Morgan fingerprint density at radius 3 is 1.58 bits per heavy atom. The van der Waals surface area contributed by atoms with Gasteiger partial charge in [0.2, 0.25) is 0 Å². The van der Waals surface area contributed by atoms with E-state index in [9.17, 15) is 0 Å². The molecule has 3 aliphatic heterocycles. The minimum atomic E-state index is 0.00300. The number of benzene rings is 5. The highest BCUT2D eigenvalue weighted by molar-refractivity contribution is 7.00. The molecule has 0 saturated carbocycles. The van der Waals surface area contributed by atoms with Crippen molar-refractivity contribution in [3.63, 3.8) is 0 Å². The maximum Gasteiger partial charge on any atom is 0.252 e. The van der Waals surface area contributed by atoms with Gasteiger partial charge in [0.05, 0.1) is 13.2 Å². The van der Waals surface area contributed by atoms with Crippen LogP contribution in [0.3, 0.4) is 0 Å². The molecule has 3 heterocycles. The number of fused-ring (bicyclic) bond motifs is 7. The van der Waals surface area contributed by atoms with Crippen molar-refractivity contribution in [1.82, 2.24) is 0 Å². The standard InChI is InChI=1S/C54H63BN2O2/c1-33-26-45-49-46(27-33)57(36-18-19-37-38(28-36)52(7,8)21-20-51(37,5)6)43-30-40-39(53(9,10)22-23-54(40,11)12)29-41(43)55(49)42-31-47-48(59-25-13-24-58-47)32-44(42)56(45)35-16-14-34(15-17-35)50(2,3)4/h14-19,26-32H,13,20-25H2,1-12H3. The zero-order valence-corrected chi connectivity index (χ0v) is 37.7. The highest BCUT2D eigenvalue weighted by atomic mass is 16.5. The Morgan fingerprint density at radius 2 is 0.983 bits per heavy atom. The van der Waals surface area contributed by atoms with Gasteiger partial charge in [0.1, 0.15) is 0 Å². The van der Waals surface area contributed by atoms with Crippen LogP contribution in [0.4, 0.5) is 34.1 Å². The number of hydrogen-bond acceptors (Lipinski definition) is 4. The van der Waals surface area contributed by atoms with Gasteiger partial charge in [-0.05, 0) is 158 Å². The molecule has 0 saturated heterocycles. The summed E-state index contributed by atoms with van der Waals surface area (Å²) in [6.45, 7) is 30.1. The third kappa shape index (κ3) is 5.91. The van der Waals surface area contributed by atoms with Gasteiger partial charge >= 0.3 is 0 Å². The molecule has 0 fully saturated rings. The molecule has 10 rings (SSSR count). The van der Waals surface area contributed by atoms with Crippen molar-refractivity contribution in [1.29, 1.82) is 0 Å². The molecule has 304 valence electrons. The van der Waals surface area contributed by atoms with E-state index in [0.29, 0.717) is 13.2 Å². The Morgan fingerprint density at radius 1 is 0.508 bits per heavy atom. The zero-order chi connectivity index (χ0) is 41.6. The third-order valence-corrected chi connectivity index (χ3v) is 15.1. The Kier molecular flexibility index (Phi) is 8.30. The average Bonchev–Trinajstić information content (AvgIpc) is 3.42. The summed E-state index contributed by atoms with van der Waals surface area (Å²) in [7, 11) is 0. The van der Waals surface area contributed by atoms with Crippen molar-refractivity contribution in [2.75, 3.05) is 23.0 Å². The molecule has 5 aromatic rings. The van der Waals surface area contributed by atoms with Crippen LogP contribution in [0.5, 0.6) is 11.5 Å². The molecule has 0 N–H and O–H groups in total. The molecule has 0 radical (unpaired) electrons. The quantitative estimate of drug-likeness (QED) is 0.163. The van der Waals surface area contributed by atoms with E-state index < -0.39 is 0 Å². The van der Waals surface area contributed by atoms with Crippen LogP contribution in [0.1, 0.15) is 142 Å². The van der Waals surface area contributed by atoms with Crippen LogP contribution in [0, 0.1) is 6.92 Å². The summed E-state index contributed by atoms with van der Waals surface area (Å²) in [6, 6.07) is 31.5. The lowest BCUT2D eigenvalue weighted by Crippen LogP contribution is -2.62. The maximum absolute atomic E-state index is 6.52. The lowest BCUT2D eigenvalue weighted by Gasteiger charge is -2.48. The van der Waals surface area contributed by atoms with E-state index in [4.69, 9.17) is 9.47 Å². The van der Waals surface area contributed by atoms with Crippen LogP contribution in [0.25, 0.3) is 0 Å². The lowest BCUT2D eigenvalue weighted by molar-refractivity contribution is 0.297. The second kappa shape index (κ2) is 12.7. The number of hydrogen-bond donors (Lipinski definition) is 0. The van der Waals surface area contributed by atoms with E-state index in [1.165, 1.54) is 104 Å². The zero-order valence-electron chi connectivity index (χ0n) is 37.7. The summed E-state index contributed by atoms with van der Waals surface area (Å²) in [5.41, 5.74) is 20.3. The fourth-order valence-corrected chi connectivity index (χ4v) is 11.2. The van der Waals surface area contributed by atoms with Crippen molar-refractivity contribution < 1.29 is 9.47 Å². The van der Waals surface area contributed by atoms with Crippen LogP contribution in [-0.2, 0) is 27.1 Å². The maximum atomic E-state index is 6.52. The summed E-state index contributed by atoms with van der Waals surface area (Å²) in [4.78, 5) is 5.17. The SMILES string of the molecule is Cc1cc2c3c(c1)N(c1ccc4c(c1)C(C)(C)CCC4(C)C)c1cc4c(cc1B3c1cc3c(cc1N2c1ccc(C(C)(C)C)cc1)OCCCO3)C(C)(C)CCC4(C)C. The lowest BCUT2D eigenvalue weighted by atomic mass is 9.33. The average molecular weight is 783 g/mol. The van der Waals surface area contributed by atoms with Gasteiger partial charge in [0, 0.05) is 46.6 Å². The number of nitrogens with zero attached hydrogens (tertiary/aromatic N) is 2. The molecule has 59 heavy (non-hydrogen) atoms. The van der Waals surface area contributed by atoms with Crippen molar-refractivity contribution >= 4 is 57.2 Å². The molecule has 0 aromatic heterocycles. The topological polar surface area (TPSA) is 24.9 Å². The molecule has 0 bridgehead atoms. The predicted octanol–water partition coefficient (Wildman–Crippen LogP) is 12.2. The van der Waals surface area contributed by atoms with Crippen molar-refractivity contribution in [3.05, 3.63) is 112 Å². The summed E-state index contributed by atoms with van der Waals surface area (Å²) >= 11 is 0. The highest BCUT2D eigenvalue weighted by Gasteiger charge is 2.47. The van der Waals surface area contributed by atoms with Crippen molar-refractivity contribution in [2.24, 2.45) is 0 Å². The van der Waals surface area contributed by atoms with Gasteiger partial charge in [-0.15, -0.1) is 0 Å². The Bertz CT molecular complexity index is 2550. The molecule has 0 amide bonds. The summed E-state index contributed by atoms with van der Waals surface area (Å²) in [5, 5.41) is 0. The van der Waals surface area contributed by atoms with E-state index in [0.717, 1.165) is 23.6 Å². The van der Waals surface area contributed by atoms with Gasteiger partial charge < -0.3 is 19.3 Å². The Balaban J connectivity index is 1.31. The Hall–Kier alpha value is -4.64. The summed E-state index contributed by atoms with van der Waals surface area (Å²) in [5.74, 6) is 1.68. The number of aryl methyl sites for hydroxylation is 1. The molecule has 4 nitrogen and oxygen atoms in total. The van der Waals surface area contributed by atoms with Gasteiger partial charge in [0.25, 0.3) is 6.71 Å². The van der Waals surface area contributed by atoms with Gasteiger partial charge in [0.15, 0.2) is 11.5 Å². The monoisotopic (exact) mass is 782 g/mol. The van der Waals surface area contributed by atoms with Gasteiger partial charge in [-0.25, -0.2) is 0 Å². The first-order chi connectivity index (χ1) is 27.7. The Labute approximate surface area is 354 Å². The van der Waals surface area contributed by atoms with Crippen molar-refractivity contribution in [3.8, 4) is 11.5 Å². The molecule has 5 heteroatoms. The minimum absolute atomic E-state index is 0.00300. The summed E-state index contributed by atoms with van der Waals surface area (Å²) in [6.07, 6.45) is 5.60. The van der Waals surface area contributed by atoms with E-state index in [1.54, 1.807) is 0 Å². The van der Waals surface area contributed by atoms with Crippen LogP contribution >= 0.6 is 0 Å². The molecule has 5 aromatic carbocycles. The predicted molar refractivity (Wildman–Crippen MR) is 250 cm³/mol. The molecule has 0 spiro atoms. The molecule has 2 aliphatic carbocycles. The first kappa shape index (κ1) is 38.6. The molecular weight excluding hydrogens is 719 g/mol. The second-order valence-corrected chi connectivity index (χ2v) is 22.2. The van der Waals surface area contributed by atoms with Crippen LogP contribution < -0.4 is 35.7 Å². The van der Waals surface area contributed by atoms with Crippen LogP contribution in [-0.4, -0.2) is 19.9 Å². The van der Waals surface area contributed by atoms with Crippen LogP contribution in [0.15, 0.2) is 78.9 Å². The highest BCUT2D eigenvalue weighted by Crippen LogP contribution is 2.53.